The van der Waals surface area contributed by atoms with Crippen LogP contribution < -0.4 is 9.80 Å². The first kappa shape index (κ1) is 18.9. The van der Waals surface area contributed by atoms with Crippen LogP contribution in [0.5, 0.6) is 0 Å². The third kappa shape index (κ3) is 3.29. The monoisotopic (exact) mass is 405 g/mol. The summed E-state index contributed by atoms with van der Waals surface area (Å²) >= 11 is 0. The molecular formula is C23H27N5O2. The van der Waals surface area contributed by atoms with Gasteiger partial charge in [-0.05, 0) is 49.9 Å². The van der Waals surface area contributed by atoms with E-state index in [0.717, 1.165) is 53.8 Å². The van der Waals surface area contributed by atoms with Crippen molar-refractivity contribution in [2.45, 2.75) is 26.0 Å². The smallest absolute Gasteiger partial charge is 0.202 e. The Morgan fingerprint density at radius 2 is 2.00 bits per heavy atom. The lowest BCUT2D eigenvalue weighted by Crippen LogP contribution is -2.36. The summed E-state index contributed by atoms with van der Waals surface area (Å²) in [7, 11) is 1.98. The van der Waals surface area contributed by atoms with Crippen LogP contribution >= 0.6 is 0 Å². The molecule has 2 aliphatic heterocycles. The lowest BCUT2D eigenvalue weighted by Gasteiger charge is -2.36. The molecule has 0 spiro atoms. The molecule has 1 unspecified atom stereocenters. The highest BCUT2D eigenvalue weighted by molar-refractivity contribution is 5.91. The van der Waals surface area contributed by atoms with Crippen molar-refractivity contribution in [3.8, 4) is 0 Å². The fourth-order valence-corrected chi connectivity index (χ4v) is 4.48. The van der Waals surface area contributed by atoms with E-state index in [0.29, 0.717) is 5.92 Å². The molecule has 1 aromatic carbocycles. The highest BCUT2D eigenvalue weighted by atomic mass is 16.5. The molecule has 5 rings (SSSR count). The third-order valence-electron chi connectivity index (χ3n) is 6.22. The average Bonchev–Trinajstić information content (AvgIpc) is 3.40. The van der Waals surface area contributed by atoms with Crippen LogP contribution in [0.25, 0.3) is 10.9 Å². The zero-order valence-electron chi connectivity index (χ0n) is 17.4. The van der Waals surface area contributed by atoms with Gasteiger partial charge in [0.05, 0.1) is 23.1 Å². The minimum absolute atomic E-state index is 0.227. The maximum absolute atomic E-state index is 9.54. The first-order valence-electron chi connectivity index (χ1n) is 10.5. The lowest BCUT2D eigenvalue weighted by molar-refractivity contribution is 0.174. The van der Waals surface area contributed by atoms with E-state index in [-0.39, 0.29) is 12.8 Å². The minimum Gasteiger partial charge on any atom is -0.472 e. The summed E-state index contributed by atoms with van der Waals surface area (Å²) in [5, 5.41) is 15.1. The fraction of sp³-hybridized carbons (Fsp3) is 0.391. The summed E-state index contributed by atoms with van der Waals surface area (Å²) in [4.78, 5) is 8.94. The Kier molecular flexibility index (Phi) is 4.83. The second-order valence-corrected chi connectivity index (χ2v) is 8.19. The summed E-state index contributed by atoms with van der Waals surface area (Å²) in [6, 6.07) is 8.51. The molecule has 0 bridgehead atoms. The molecule has 1 atom stereocenters. The number of hydrogen-bond donors (Lipinski definition) is 1. The number of aliphatic hydroxyl groups excluding tert-OH is 1. The number of ether oxygens (including phenoxy) is 1. The van der Waals surface area contributed by atoms with Crippen LogP contribution in [-0.2, 0) is 11.8 Å². The summed E-state index contributed by atoms with van der Waals surface area (Å²) < 4.78 is 7.92. The Hall–Kier alpha value is -3.06. The highest BCUT2D eigenvalue weighted by Crippen LogP contribution is 2.42. The van der Waals surface area contributed by atoms with Gasteiger partial charge in [0.15, 0.2) is 0 Å². The van der Waals surface area contributed by atoms with E-state index in [2.05, 4.69) is 38.1 Å². The van der Waals surface area contributed by atoms with Crippen LogP contribution in [0.1, 0.15) is 30.3 Å². The molecule has 7 heteroatoms. The van der Waals surface area contributed by atoms with Crippen molar-refractivity contribution in [2.24, 2.45) is 13.0 Å². The Morgan fingerprint density at radius 1 is 1.17 bits per heavy atom. The maximum Gasteiger partial charge on any atom is 0.202 e. The maximum atomic E-state index is 9.54. The van der Waals surface area contributed by atoms with Crippen molar-refractivity contribution in [2.75, 3.05) is 29.5 Å². The van der Waals surface area contributed by atoms with E-state index in [1.807, 2.05) is 43.3 Å². The van der Waals surface area contributed by atoms with Gasteiger partial charge in [-0.15, -0.1) is 0 Å². The van der Waals surface area contributed by atoms with Gasteiger partial charge in [-0.1, -0.05) is 0 Å². The molecule has 30 heavy (non-hydrogen) atoms. The second-order valence-electron chi connectivity index (χ2n) is 8.19. The molecule has 2 aromatic heterocycles. The average molecular weight is 406 g/mol. The summed E-state index contributed by atoms with van der Waals surface area (Å²) in [6.45, 7) is 4.13. The number of aliphatic hydroxyl groups is 1. The van der Waals surface area contributed by atoms with Crippen molar-refractivity contribution in [1.82, 2.24) is 14.8 Å². The SMILES string of the molecule is Cc1cc(C2OC=CN2c2cc3cnn(C)c3cc2N2CCC(CO)CC2)ccn1. The number of benzene rings is 1. The molecular weight excluding hydrogens is 378 g/mol. The summed E-state index contributed by atoms with van der Waals surface area (Å²) in [6.07, 6.45) is 9.27. The molecule has 0 radical (unpaired) electrons. The highest BCUT2D eigenvalue weighted by Gasteiger charge is 2.29. The van der Waals surface area contributed by atoms with Gasteiger partial charge in [0.25, 0.3) is 0 Å². The van der Waals surface area contributed by atoms with Crippen LogP contribution in [0, 0.1) is 12.8 Å². The van der Waals surface area contributed by atoms with Crippen molar-refractivity contribution in [3.63, 3.8) is 0 Å². The molecule has 0 amide bonds. The second kappa shape index (κ2) is 7.65. The zero-order chi connectivity index (χ0) is 20.7. The number of hydrogen-bond acceptors (Lipinski definition) is 6. The van der Waals surface area contributed by atoms with Crippen LogP contribution in [-0.4, -0.2) is 39.6 Å². The third-order valence-corrected chi connectivity index (χ3v) is 6.22. The molecule has 1 N–H and O–H groups in total. The van der Waals surface area contributed by atoms with Gasteiger partial charge < -0.3 is 19.6 Å². The van der Waals surface area contributed by atoms with Gasteiger partial charge in [-0.2, -0.15) is 5.10 Å². The van der Waals surface area contributed by atoms with Gasteiger partial charge >= 0.3 is 0 Å². The number of rotatable bonds is 4. The van der Waals surface area contributed by atoms with Crippen molar-refractivity contribution in [1.29, 1.82) is 0 Å². The van der Waals surface area contributed by atoms with Crippen LogP contribution in [0.2, 0.25) is 0 Å². The minimum atomic E-state index is -0.227. The van der Waals surface area contributed by atoms with Gasteiger partial charge in [0.2, 0.25) is 6.23 Å². The molecule has 0 aliphatic carbocycles. The Morgan fingerprint density at radius 3 is 2.77 bits per heavy atom. The van der Waals surface area contributed by atoms with Gasteiger partial charge in [0.1, 0.15) is 6.26 Å². The standard InChI is InChI=1S/C23H27N5O2/c1-16-11-18(3-6-24-16)23-28(9-10-30-23)22-12-19-14-25-26(2)20(19)13-21(22)27-7-4-17(15-29)5-8-27/h3,6,9-14,17,23,29H,4-5,7-8,15H2,1-2H3. The molecule has 3 aromatic rings. The quantitative estimate of drug-likeness (QED) is 0.717. The number of fused-ring (bicyclic) bond motifs is 1. The molecule has 1 saturated heterocycles. The van der Waals surface area contributed by atoms with Crippen LogP contribution in [0.3, 0.4) is 0 Å². The Balaban J connectivity index is 1.58. The predicted molar refractivity (Wildman–Crippen MR) is 117 cm³/mol. The topological polar surface area (TPSA) is 66.7 Å². The number of piperidine rings is 1. The van der Waals surface area contributed by atoms with Gasteiger partial charge in [-0.3, -0.25) is 9.67 Å². The van der Waals surface area contributed by atoms with Crippen molar-refractivity contribution in [3.05, 3.63) is 60.4 Å². The normalized spacial score (nSPS) is 19.6. The summed E-state index contributed by atoms with van der Waals surface area (Å²) in [5.74, 6) is 0.396. The molecule has 2 aliphatic rings. The predicted octanol–water partition coefficient (Wildman–Crippen LogP) is 3.49. The number of anilines is 2. The first-order valence-corrected chi connectivity index (χ1v) is 10.5. The molecule has 156 valence electrons. The largest absolute Gasteiger partial charge is 0.472 e. The van der Waals surface area contributed by atoms with E-state index in [9.17, 15) is 5.11 Å². The van der Waals surface area contributed by atoms with E-state index < -0.39 is 0 Å². The fourth-order valence-electron chi connectivity index (χ4n) is 4.48. The molecule has 4 heterocycles. The Labute approximate surface area is 176 Å². The number of aryl methyl sites for hydroxylation is 2. The van der Waals surface area contributed by atoms with Crippen LogP contribution in [0.15, 0.2) is 49.1 Å². The Bertz CT molecular complexity index is 1080. The van der Waals surface area contributed by atoms with E-state index in [1.165, 1.54) is 5.69 Å². The number of pyridine rings is 1. The first-order chi connectivity index (χ1) is 14.6. The van der Waals surface area contributed by atoms with Crippen LogP contribution in [0.4, 0.5) is 11.4 Å². The number of aromatic nitrogens is 3. The number of nitrogens with zero attached hydrogens (tertiary/aromatic N) is 5. The summed E-state index contributed by atoms with van der Waals surface area (Å²) in [5.41, 5.74) is 5.43. The van der Waals surface area contributed by atoms with Crippen molar-refractivity contribution < 1.29 is 9.84 Å². The lowest BCUT2D eigenvalue weighted by atomic mass is 9.97. The van der Waals surface area contributed by atoms with Gasteiger partial charge in [0, 0.05) is 55.8 Å². The van der Waals surface area contributed by atoms with E-state index in [4.69, 9.17) is 4.74 Å². The molecule has 1 fully saturated rings. The van der Waals surface area contributed by atoms with Gasteiger partial charge in [-0.25, -0.2) is 0 Å². The molecule has 7 nitrogen and oxygen atoms in total. The van der Waals surface area contributed by atoms with E-state index in [1.54, 1.807) is 6.26 Å². The van der Waals surface area contributed by atoms with Crippen molar-refractivity contribution >= 4 is 22.3 Å². The molecule has 0 saturated carbocycles. The zero-order valence-corrected chi connectivity index (χ0v) is 17.4. The van der Waals surface area contributed by atoms with E-state index >= 15 is 0 Å².